The molecule has 454 valence electrons. The summed E-state index contributed by atoms with van der Waals surface area (Å²) in [6.45, 7) is 18.0. The number of hydrogen-bond donors (Lipinski definition) is 0. The fourth-order valence-electron chi connectivity index (χ4n) is 7.94. The summed E-state index contributed by atoms with van der Waals surface area (Å²) in [5.74, 6) is 0. The van der Waals surface area contributed by atoms with Crippen LogP contribution in [-0.4, -0.2) is 55.4 Å². The molecular formula is C61H56F9IO9S5. The highest BCUT2D eigenvalue weighted by Gasteiger charge is 2.39. The molecule has 0 N–H and O–H groups in total. The summed E-state index contributed by atoms with van der Waals surface area (Å²) >= 11 is -0.251. The summed E-state index contributed by atoms with van der Waals surface area (Å²) in [7, 11) is -18.6. The Balaban J connectivity index is 0.000000461. The first-order chi connectivity index (χ1) is 39.3. The maximum absolute atomic E-state index is 10.7. The zero-order valence-corrected chi connectivity index (χ0v) is 52.8. The molecule has 0 saturated carbocycles. The minimum Gasteiger partial charge on any atom is -0.741 e. The van der Waals surface area contributed by atoms with Crippen LogP contribution in [0.3, 0.4) is 0 Å². The molecule has 0 heterocycles. The molecule has 85 heavy (non-hydrogen) atoms. The first kappa shape index (κ1) is 70.1. The van der Waals surface area contributed by atoms with Gasteiger partial charge in [0.25, 0.3) is 0 Å². The second-order valence-electron chi connectivity index (χ2n) is 19.1. The number of aryl methyl sites for hydroxylation is 4. The molecule has 0 spiro atoms. The van der Waals surface area contributed by atoms with E-state index in [2.05, 4.69) is 225 Å². The Morgan fingerprint density at radius 2 is 0.518 bits per heavy atom. The third-order valence-electron chi connectivity index (χ3n) is 13.1. The van der Waals surface area contributed by atoms with Crippen molar-refractivity contribution < 1.29 is 99.6 Å². The fraction of sp³-hybridized carbons (Fsp3) is 0.213. The molecule has 0 radical (unpaired) electrons. The molecule has 0 saturated heterocycles. The molecule has 8 aromatic rings. The van der Waals surface area contributed by atoms with Gasteiger partial charge in [0.05, 0.1) is 21.8 Å². The summed E-state index contributed by atoms with van der Waals surface area (Å²) in [6, 6.07) is 64.7. The minimum atomic E-state index is -6.09. The zero-order valence-electron chi connectivity index (χ0n) is 46.6. The van der Waals surface area contributed by atoms with Gasteiger partial charge in [-0.05, 0) is 186 Å². The van der Waals surface area contributed by atoms with Crippen LogP contribution in [0.1, 0.15) is 66.8 Å². The fourth-order valence-corrected chi connectivity index (χ4v) is 15.1. The maximum atomic E-state index is 10.7. The van der Waals surface area contributed by atoms with Crippen molar-refractivity contribution >= 4 is 52.1 Å². The van der Waals surface area contributed by atoms with Crippen molar-refractivity contribution in [2.45, 2.75) is 114 Å². The molecule has 0 aliphatic carbocycles. The van der Waals surface area contributed by atoms with Crippen molar-refractivity contribution in [3.63, 3.8) is 0 Å². The highest BCUT2D eigenvalue weighted by atomic mass is 127. The average Bonchev–Trinajstić information content (AvgIpc) is 1.41. The Labute approximate surface area is 506 Å². The molecule has 0 unspecified atom stereocenters. The van der Waals surface area contributed by atoms with Gasteiger partial charge in [0, 0.05) is 22.3 Å². The van der Waals surface area contributed by atoms with E-state index >= 15 is 0 Å². The number of rotatable bonds is 12. The van der Waals surface area contributed by atoms with Gasteiger partial charge < -0.3 is 13.7 Å². The third-order valence-corrected chi connectivity index (χ3v) is 22.5. The molecule has 0 aliphatic rings. The third kappa shape index (κ3) is 19.4. The standard InChI is InChI=1S/C58H56IS2.3CHF3O3S/c1-39-13-9-17-55(43(39)5)60(56-18-10-14-40(2)44(56)6)53-33-25-49(26-34-53)37-47-21-29-51(30-22-47)59-52-31-23-48(24-32-52)38-50-27-35-54(36-28-50)61(57-19-11-15-41(3)45(57)7)58-20-12-16-42(4)46(58)8;3*2-1(3,4)8(5,6)7/h9-36H,37-38H2,1-8H3;3*(H,5,6,7)/q+3;;;/p-3. The Morgan fingerprint density at radius 3 is 0.706 bits per heavy atom. The number of alkyl halides is 9. The van der Waals surface area contributed by atoms with Crippen molar-refractivity contribution in [1.82, 2.24) is 0 Å². The second kappa shape index (κ2) is 28.9. The Morgan fingerprint density at radius 1 is 0.329 bits per heavy atom. The first-order valence-electron chi connectivity index (χ1n) is 25.1. The van der Waals surface area contributed by atoms with Crippen LogP contribution >= 0.6 is 0 Å². The molecule has 8 aromatic carbocycles. The topological polar surface area (TPSA) is 172 Å². The monoisotopic (exact) mass is 1390 g/mol. The van der Waals surface area contributed by atoms with Crippen LogP contribution in [0.5, 0.6) is 0 Å². The highest BCUT2D eigenvalue weighted by Crippen LogP contribution is 2.39. The second-order valence-corrected chi connectivity index (χ2v) is 30.2. The summed E-state index contributed by atoms with van der Waals surface area (Å²) in [6.07, 6.45) is 1.88. The van der Waals surface area contributed by atoms with Gasteiger partial charge in [0.2, 0.25) is 0 Å². The van der Waals surface area contributed by atoms with Crippen LogP contribution in [0.25, 0.3) is 0 Å². The van der Waals surface area contributed by atoms with Crippen LogP contribution in [0, 0.1) is 62.5 Å². The molecule has 0 fully saturated rings. The van der Waals surface area contributed by atoms with Crippen LogP contribution in [0.15, 0.2) is 199 Å². The van der Waals surface area contributed by atoms with Gasteiger partial charge in [-0.3, -0.25) is 0 Å². The summed E-state index contributed by atoms with van der Waals surface area (Å²) in [5, 5.41) is 0. The Bertz CT molecular complexity index is 3540. The lowest BCUT2D eigenvalue weighted by molar-refractivity contribution is -0.597. The van der Waals surface area contributed by atoms with E-state index in [1.165, 1.54) is 103 Å². The van der Waals surface area contributed by atoms with E-state index in [1.807, 2.05) is 0 Å². The van der Waals surface area contributed by atoms with Crippen molar-refractivity contribution in [2.75, 3.05) is 0 Å². The van der Waals surface area contributed by atoms with Crippen molar-refractivity contribution in [3.8, 4) is 0 Å². The van der Waals surface area contributed by atoms with Gasteiger partial charge in [-0.25, -0.2) is 25.3 Å². The predicted octanol–water partition coefficient (Wildman–Crippen LogP) is 11.8. The predicted molar refractivity (Wildman–Crippen MR) is 304 cm³/mol. The van der Waals surface area contributed by atoms with Crippen molar-refractivity contribution in [1.29, 1.82) is 0 Å². The molecule has 0 bridgehead atoms. The molecule has 8 rings (SSSR count). The van der Waals surface area contributed by atoms with E-state index in [0.29, 0.717) is 0 Å². The van der Waals surface area contributed by atoms with E-state index in [9.17, 15) is 39.5 Å². The van der Waals surface area contributed by atoms with Gasteiger partial charge in [-0.15, -0.1) is 0 Å². The smallest absolute Gasteiger partial charge is 0.485 e. The SMILES string of the molecule is Cc1cccc([S+](c2ccc(Cc3ccc([I+]c4ccc(Cc5ccc([S+](c6cccc(C)c6C)c6cccc(C)c6C)cc5)cc4)cc3)cc2)c2cccc(C)c2C)c1C.O=S(=O)([O-])C(F)(F)F.O=S(=O)([O-])C(F)(F)F.O=S(=O)([O-])C(F)(F)F. The Hall–Kier alpha value is -5.71. The normalized spacial score (nSPS) is 12.2. The summed E-state index contributed by atoms with van der Waals surface area (Å²) in [4.78, 5) is 8.45. The van der Waals surface area contributed by atoms with E-state index in [-0.39, 0.29) is 43.0 Å². The molecule has 9 nitrogen and oxygen atoms in total. The van der Waals surface area contributed by atoms with Crippen molar-refractivity contribution in [2.24, 2.45) is 0 Å². The lowest BCUT2D eigenvalue weighted by atomic mass is 10.1. The minimum absolute atomic E-state index is 0.162. The van der Waals surface area contributed by atoms with Crippen LogP contribution < -0.4 is 21.2 Å². The zero-order chi connectivity index (χ0) is 63.6. The van der Waals surface area contributed by atoms with Gasteiger partial charge in [-0.2, -0.15) is 39.5 Å². The molecule has 0 atom stereocenters. The molecule has 0 aliphatic heterocycles. The number of benzene rings is 8. The van der Waals surface area contributed by atoms with E-state index < -0.39 is 46.9 Å². The summed E-state index contributed by atoms with van der Waals surface area (Å²) < 4.78 is 180. The number of hydrogen-bond acceptors (Lipinski definition) is 9. The largest absolute Gasteiger partial charge is 0.741 e. The maximum Gasteiger partial charge on any atom is 0.485 e. The Kier molecular flexibility index (Phi) is 23.8. The van der Waals surface area contributed by atoms with Crippen LogP contribution in [-0.2, 0) is 65.0 Å². The van der Waals surface area contributed by atoms with Gasteiger partial charge in [0.15, 0.2) is 66.9 Å². The van der Waals surface area contributed by atoms with Crippen LogP contribution in [0.4, 0.5) is 39.5 Å². The summed E-state index contributed by atoms with van der Waals surface area (Å²) in [5.41, 5.74) is -0.539. The molecular weight excluding hydrogens is 1330 g/mol. The van der Waals surface area contributed by atoms with E-state index in [4.69, 9.17) is 38.9 Å². The lowest BCUT2D eigenvalue weighted by Crippen LogP contribution is -3.61. The van der Waals surface area contributed by atoms with Gasteiger partial charge in [-0.1, -0.05) is 97.1 Å². The number of halogens is 10. The van der Waals surface area contributed by atoms with E-state index in [0.717, 1.165) is 12.8 Å². The molecule has 0 aromatic heterocycles. The van der Waals surface area contributed by atoms with Crippen LogP contribution in [0.2, 0.25) is 0 Å². The first-order valence-corrected chi connectivity index (χ1v) is 33.9. The van der Waals surface area contributed by atoms with Crippen molar-refractivity contribution in [3.05, 3.63) is 244 Å². The van der Waals surface area contributed by atoms with Gasteiger partial charge in [0.1, 0.15) is 0 Å². The van der Waals surface area contributed by atoms with E-state index in [1.54, 1.807) is 0 Å². The quantitative estimate of drug-likeness (QED) is 0.0379. The average molecular weight is 1390 g/mol. The van der Waals surface area contributed by atoms with Gasteiger partial charge >= 0.3 is 37.7 Å². The highest BCUT2D eigenvalue weighted by molar-refractivity contribution is 7.97. The molecule has 0 amide bonds. The lowest BCUT2D eigenvalue weighted by Gasteiger charge is -2.15. The molecule has 24 heteroatoms.